The van der Waals surface area contributed by atoms with Crippen molar-refractivity contribution in [3.63, 3.8) is 0 Å². The molecular formula is C30H31FN4O2S2. The third-order valence-corrected chi connectivity index (χ3v) is 8.97. The lowest BCUT2D eigenvalue weighted by molar-refractivity contribution is -0.123. The molecule has 9 heteroatoms. The number of anilines is 1. The van der Waals surface area contributed by atoms with Gasteiger partial charge in [-0.25, -0.2) is 9.07 Å². The molecule has 6 nitrogen and oxygen atoms in total. The number of fused-ring (bicyclic) bond motifs is 1. The summed E-state index contributed by atoms with van der Waals surface area (Å²) in [5.74, 6) is 0.101. The molecule has 1 atom stereocenters. The van der Waals surface area contributed by atoms with Gasteiger partial charge < -0.3 is 5.32 Å². The first kappa shape index (κ1) is 27.1. The molecule has 0 saturated heterocycles. The SMILES string of the molecule is Cc1ccccc1-n1nc(C(C)(C)C)c2c1N(CC(=O)NCc1ccc(F)cc1)C(=O)CSC2c1cccs1. The van der Waals surface area contributed by atoms with Gasteiger partial charge in [0.2, 0.25) is 11.8 Å². The zero-order valence-electron chi connectivity index (χ0n) is 22.4. The molecule has 0 fully saturated rings. The van der Waals surface area contributed by atoms with Crippen molar-refractivity contribution >= 4 is 40.7 Å². The number of nitrogens with zero attached hydrogens (tertiary/aromatic N) is 3. The number of carbonyl (C=O) groups excluding carboxylic acids is 2. The summed E-state index contributed by atoms with van der Waals surface area (Å²) in [5, 5.41) is 9.98. The third kappa shape index (κ3) is 5.65. The summed E-state index contributed by atoms with van der Waals surface area (Å²) < 4.78 is 15.2. The van der Waals surface area contributed by atoms with Crippen molar-refractivity contribution in [3.8, 4) is 5.69 Å². The maximum Gasteiger partial charge on any atom is 0.240 e. The molecule has 0 radical (unpaired) electrons. The highest BCUT2D eigenvalue weighted by Crippen LogP contribution is 2.49. The van der Waals surface area contributed by atoms with Gasteiger partial charge in [0.25, 0.3) is 0 Å². The van der Waals surface area contributed by atoms with E-state index in [-0.39, 0.29) is 47.1 Å². The van der Waals surface area contributed by atoms with Crippen molar-refractivity contribution in [2.24, 2.45) is 0 Å². The highest BCUT2D eigenvalue weighted by Gasteiger charge is 2.40. The second-order valence-electron chi connectivity index (χ2n) is 10.6. The number of benzene rings is 2. The summed E-state index contributed by atoms with van der Waals surface area (Å²) in [7, 11) is 0. The standard InChI is InChI=1S/C30H31FN4O2S2/c1-19-8-5-6-9-22(19)35-29-26(28(33-35)30(2,3)4)27(23-10-7-15-38-23)39-18-25(37)34(29)17-24(36)32-16-20-11-13-21(31)14-12-20/h5-15,27H,16-18H2,1-4H3,(H,32,36). The smallest absolute Gasteiger partial charge is 0.240 e. The average Bonchev–Trinajstić information content (AvgIpc) is 3.54. The molecule has 0 saturated carbocycles. The van der Waals surface area contributed by atoms with E-state index in [4.69, 9.17) is 5.10 Å². The van der Waals surface area contributed by atoms with Gasteiger partial charge in [0, 0.05) is 22.4 Å². The number of carbonyl (C=O) groups is 2. The van der Waals surface area contributed by atoms with Gasteiger partial charge in [-0.05, 0) is 47.7 Å². The highest BCUT2D eigenvalue weighted by molar-refractivity contribution is 8.00. The highest BCUT2D eigenvalue weighted by atomic mass is 32.2. The normalized spacial score (nSPS) is 15.7. The topological polar surface area (TPSA) is 67.2 Å². The maximum absolute atomic E-state index is 13.7. The number of thiophene rings is 1. The molecule has 5 rings (SSSR count). The van der Waals surface area contributed by atoms with Crippen LogP contribution in [0.5, 0.6) is 0 Å². The van der Waals surface area contributed by atoms with E-state index in [9.17, 15) is 14.0 Å². The van der Waals surface area contributed by atoms with Crippen LogP contribution in [-0.2, 0) is 21.5 Å². The molecule has 1 aliphatic heterocycles. The van der Waals surface area contributed by atoms with E-state index in [1.54, 1.807) is 40.1 Å². The lowest BCUT2D eigenvalue weighted by Crippen LogP contribution is -2.42. The molecular weight excluding hydrogens is 531 g/mol. The summed E-state index contributed by atoms with van der Waals surface area (Å²) in [6.07, 6.45) is 0. The molecule has 202 valence electrons. The summed E-state index contributed by atoms with van der Waals surface area (Å²) in [4.78, 5) is 29.7. The largest absolute Gasteiger partial charge is 0.350 e. The van der Waals surface area contributed by atoms with Gasteiger partial charge in [0.05, 0.1) is 22.4 Å². The quantitative estimate of drug-likeness (QED) is 0.306. The number of nitrogens with one attached hydrogen (secondary N) is 1. The molecule has 2 aromatic carbocycles. The Morgan fingerprint density at radius 1 is 1.10 bits per heavy atom. The Labute approximate surface area is 236 Å². The summed E-state index contributed by atoms with van der Waals surface area (Å²) in [6, 6.07) is 18.1. The van der Waals surface area contributed by atoms with Gasteiger partial charge in [-0.3, -0.25) is 14.5 Å². The van der Waals surface area contributed by atoms with Gasteiger partial charge in [0.1, 0.15) is 18.2 Å². The van der Waals surface area contributed by atoms with Crippen LogP contribution >= 0.6 is 23.1 Å². The zero-order chi connectivity index (χ0) is 27.7. The van der Waals surface area contributed by atoms with Crippen LogP contribution in [0.4, 0.5) is 10.2 Å². The summed E-state index contributed by atoms with van der Waals surface area (Å²) in [6.45, 7) is 8.49. The molecule has 1 unspecified atom stereocenters. The first-order valence-corrected chi connectivity index (χ1v) is 14.7. The fourth-order valence-electron chi connectivity index (χ4n) is 4.71. The number of hydrogen-bond acceptors (Lipinski definition) is 5. The Kier molecular flexibility index (Phi) is 7.64. The van der Waals surface area contributed by atoms with Crippen LogP contribution in [0.3, 0.4) is 0 Å². The number of para-hydroxylation sites is 1. The van der Waals surface area contributed by atoms with E-state index in [0.29, 0.717) is 5.82 Å². The fourth-order valence-corrected chi connectivity index (χ4v) is 6.88. The number of hydrogen-bond donors (Lipinski definition) is 1. The Bertz CT molecular complexity index is 1490. The second-order valence-corrected chi connectivity index (χ2v) is 12.7. The van der Waals surface area contributed by atoms with Crippen molar-refractivity contribution in [2.75, 3.05) is 17.2 Å². The molecule has 0 aliphatic carbocycles. The molecule has 1 N–H and O–H groups in total. The van der Waals surface area contributed by atoms with Crippen molar-refractivity contribution < 1.29 is 14.0 Å². The number of amides is 2. The number of halogens is 1. The van der Waals surface area contributed by atoms with Crippen molar-refractivity contribution in [1.82, 2.24) is 15.1 Å². The number of rotatable bonds is 6. The molecule has 0 bridgehead atoms. The third-order valence-electron chi connectivity index (χ3n) is 6.65. The van der Waals surface area contributed by atoms with Crippen LogP contribution in [0.1, 0.15) is 53.3 Å². The lowest BCUT2D eigenvalue weighted by Gasteiger charge is -2.24. The van der Waals surface area contributed by atoms with Crippen molar-refractivity contribution in [2.45, 2.75) is 44.9 Å². The molecule has 39 heavy (non-hydrogen) atoms. The molecule has 4 aromatic rings. The van der Waals surface area contributed by atoms with E-state index in [2.05, 4.69) is 32.2 Å². The minimum atomic E-state index is -0.329. The maximum atomic E-state index is 13.7. The average molecular weight is 563 g/mol. The van der Waals surface area contributed by atoms with Crippen LogP contribution in [0.25, 0.3) is 5.69 Å². The Morgan fingerprint density at radius 2 is 1.85 bits per heavy atom. The van der Waals surface area contributed by atoms with Crippen LogP contribution in [-0.4, -0.2) is 33.9 Å². The van der Waals surface area contributed by atoms with Crippen LogP contribution < -0.4 is 10.2 Å². The minimum absolute atomic E-state index is 0.0942. The Balaban J connectivity index is 1.62. The first-order valence-electron chi connectivity index (χ1n) is 12.8. The predicted octanol–water partition coefficient (Wildman–Crippen LogP) is 6.16. The van der Waals surface area contributed by atoms with Gasteiger partial charge in [-0.15, -0.1) is 23.1 Å². The second kappa shape index (κ2) is 11.0. The van der Waals surface area contributed by atoms with E-state index in [1.807, 2.05) is 47.3 Å². The number of thioether (sulfide) groups is 1. The number of aryl methyl sites for hydroxylation is 1. The Hall–Kier alpha value is -3.43. The molecule has 3 heterocycles. The monoisotopic (exact) mass is 562 g/mol. The van der Waals surface area contributed by atoms with Gasteiger partial charge in [0.15, 0.2) is 0 Å². The van der Waals surface area contributed by atoms with Crippen LogP contribution in [0.15, 0.2) is 66.0 Å². The van der Waals surface area contributed by atoms with Gasteiger partial charge in [-0.1, -0.05) is 57.2 Å². The lowest BCUT2D eigenvalue weighted by atomic mass is 9.88. The van der Waals surface area contributed by atoms with E-state index in [1.165, 1.54) is 12.1 Å². The molecule has 2 amide bonds. The Morgan fingerprint density at radius 3 is 2.51 bits per heavy atom. The molecule has 0 spiro atoms. The minimum Gasteiger partial charge on any atom is -0.350 e. The fraction of sp³-hybridized carbons (Fsp3) is 0.300. The predicted molar refractivity (Wildman–Crippen MR) is 156 cm³/mol. The summed E-state index contributed by atoms with van der Waals surface area (Å²) in [5.41, 5.74) is 4.22. The van der Waals surface area contributed by atoms with Crippen LogP contribution in [0.2, 0.25) is 0 Å². The molecule has 2 aromatic heterocycles. The first-order chi connectivity index (χ1) is 18.6. The van der Waals surface area contributed by atoms with Gasteiger partial charge >= 0.3 is 0 Å². The molecule has 1 aliphatic rings. The van der Waals surface area contributed by atoms with E-state index in [0.717, 1.165) is 32.9 Å². The van der Waals surface area contributed by atoms with Crippen molar-refractivity contribution in [1.29, 1.82) is 0 Å². The summed E-state index contributed by atoms with van der Waals surface area (Å²) >= 11 is 3.24. The van der Waals surface area contributed by atoms with Gasteiger partial charge in [-0.2, -0.15) is 5.10 Å². The van der Waals surface area contributed by atoms with E-state index < -0.39 is 0 Å². The zero-order valence-corrected chi connectivity index (χ0v) is 24.0. The van der Waals surface area contributed by atoms with E-state index >= 15 is 0 Å². The van der Waals surface area contributed by atoms with Crippen LogP contribution in [0, 0.1) is 12.7 Å². The van der Waals surface area contributed by atoms with Crippen molar-refractivity contribution in [3.05, 3.63) is 99.1 Å². The number of aromatic nitrogens is 2.